The van der Waals surface area contributed by atoms with Gasteiger partial charge in [-0.15, -0.1) is 0 Å². The Hall–Kier alpha value is -1.88. The fourth-order valence-corrected chi connectivity index (χ4v) is 4.11. The van der Waals surface area contributed by atoms with Gasteiger partial charge in [-0.3, -0.25) is 9.78 Å². The molecule has 1 amide bonds. The molecular weight excluding hydrogens is 323 g/mol. The molecule has 5 heteroatoms. The summed E-state index contributed by atoms with van der Waals surface area (Å²) in [5.41, 5.74) is 1.55. The summed E-state index contributed by atoms with van der Waals surface area (Å²) in [6.45, 7) is 0.409. The van der Waals surface area contributed by atoms with Crippen LogP contribution in [0.1, 0.15) is 25.0 Å². The molecule has 1 aromatic carbocycles. The van der Waals surface area contributed by atoms with Gasteiger partial charge in [0.1, 0.15) is 5.82 Å². The number of carbonyl (C=O) groups excluding carboxylic acids is 1. The molecule has 3 nitrogen and oxygen atoms in total. The second kappa shape index (κ2) is 8.29. The third kappa shape index (κ3) is 4.57. The lowest BCUT2D eigenvalue weighted by molar-refractivity contribution is -0.119. The van der Waals surface area contributed by atoms with E-state index in [0.717, 1.165) is 35.7 Å². The molecule has 1 aliphatic heterocycles. The number of rotatable bonds is 5. The van der Waals surface area contributed by atoms with Crippen LogP contribution < -0.4 is 4.90 Å². The Labute approximate surface area is 146 Å². The Bertz CT molecular complexity index is 657. The Morgan fingerprint density at radius 2 is 1.92 bits per heavy atom. The highest BCUT2D eigenvalue weighted by Crippen LogP contribution is 2.27. The van der Waals surface area contributed by atoms with Gasteiger partial charge in [0.15, 0.2) is 0 Å². The van der Waals surface area contributed by atoms with E-state index in [-0.39, 0.29) is 11.7 Å². The average molecular weight is 344 g/mol. The number of pyridine rings is 1. The Morgan fingerprint density at radius 1 is 1.17 bits per heavy atom. The Balaban J connectivity index is 1.77. The van der Waals surface area contributed by atoms with Crippen LogP contribution in [0.25, 0.3) is 0 Å². The number of hydrogen-bond acceptors (Lipinski definition) is 3. The van der Waals surface area contributed by atoms with Crippen molar-refractivity contribution < 1.29 is 9.18 Å². The van der Waals surface area contributed by atoms with Crippen molar-refractivity contribution >= 4 is 23.4 Å². The number of nitrogens with zero attached hydrogens (tertiary/aromatic N) is 2. The number of aromatic nitrogens is 1. The van der Waals surface area contributed by atoms with Crippen molar-refractivity contribution in [2.24, 2.45) is 5.92 Å². The van der Waals surface area contributed by atoms with E-state index in [1.807, 2.05) is 30.0 Å². The summed E-state index contributed by atoms with van der Waals surface area (Å²) in [6.07, 6.45) is 4.46. The molecule has 2 heterocycles. The number of anilines is 1. The van der Waals surface area contributed by atoms with Crippen molar-refractivity contribution in [1.82, 2.24) is 4.98 Å². The van der Waals surface area contributed by atoms with Gasteiger partial charge in [0.05, 0.1) is 12.2 Å². The molecule has 0 aliphatic carbocycles. The van der Waals surface area contributed by atoms with E-state index < -0.39 is 0 Å². The van der Waals surface area contributed by atoms with Gasteiger partial charge in [0.2, 0.25) is 5.91 Å². The topological polar surface area (TPSA) is 33.2 Å². The third-order valence-electron chi connectivity index (χ3n) is 4.29. The Kier molecular flexibility index (Phi) is 5.86. The van der Waals surface area contributed by atoms with Gasteiger partial charge < -0.3 is 4.90 Å². The van der Waals surface area contributed by atoms with Gasteiger partial charge >= 0.3 is 0 Å². The van der Waals surface area contributed by atoms with Gasteiger partial charge in [-0.2, -0.15) is 11.8 Å². The molecular formula is C19H21FN2OS. The monoisotopic (exact) mass is 344 g/mol. The molecule has 0 atom stereocenters. The smallest absolute Gasteiger partial charge is 0.227 e. The fraction of sp³-hybridized carbons (Fsp3) is 0.368. The van der Waals surface area contributed by atoms with Gasteiger partial charge in [-0.25, -0.2) is 4.39 Å². The maximum atomic E-state index is 13.2. The van der Waals surface area contributed by atoms with Crippen LogP contribution in [-0.4, -0.2) is 22.4 Å². The number of carbonyl (C=O) groups is 1. The van der Waals surface area contributed by atoms with Crippen molar-refractivity contribution in [3.05, 3.63) is 60.2 Å². The first-order chi connectivity index (χ1) is 11.7. The van der Waals surface area contributed by atoms with E-state index in [0.29, 0.717) is 18.9 Å². The molecule has 0 radical (unpaired) electrons. The van der Waals surface area contributed by atoms with Crippen molar-refractivity contribution in [1.29, 1.82) is 0 Å². The largest absolute Gasteiger partial charge is 0.306 e. The molecule has 1 aromatic heterocycles. The maximum absolute atomic E-state index is 13.2. The average Bonchev–Trinajstić information content (AvgIpc) is 2.62. The maximum Gasteiger partial charge on any atom is 0.227 e. The number of halogens is 1. The van der Waals surface area contributed by atoms with E-state index in [2.05, 4.69) is 4.98 Å². The summed E-state index contributed by atoms with van der Waals surface area (Å²) in [6, 6.07) is 11.8. The SMILES string of the molecule is O=C(CC1CCSCC1)N(Cc1ccccn1)c1ccc(F)cc1. The van der Waals surface area contributed by atoms with Crippen LogP contribution in [0.3, 0.4) is 0 Å². The molecule has 126 valence electrons. The lowest BCUT2D eigenvalue weighted by Gasteiger charge is -2.27. The summed E-state index contributed by atoms with van der Waals surface area (Å²) in [5, 5.41) is 0. The highest BCUT2D eigenvalue weighted by molar-refractivity contribution is 7.99. The molecule has 0 saturated carbocycles. The van der Waals surface area contributed by atoms with Crippen LogP contribution in [0.2, 0.25) is 0 Å². The lowest BCUT2D eigenvalue weighted by atomic mass is 9.98. The van der Waals surface area contributed by atoms with E-state index in [1.165, 1.54) is 12.1 Å². The minimum Gasteiger partial charge on any atom is -0.306 e. The summed E-state index contributed by atoms with van der Waals surface area (Å²) in [7, 11) is 0. The summed E-state index contributed by atoms with van der Waals surface area (Å²) in [4.78, 5) is 18.9. The Morgan fingerprint density at radius 3 is 2.58 bits per heavy atom. The van der Waals surface area contributed by atoms with E-state index in [4.69, 9.17) is 0 Å². The molecule has 0 unspecified atom stereocenters. The quantitative estimate of drug-likeness (QED) is 0.811. The zero-order valence-corrected chi connectivity index (χ0v) is 14.3. The molecule has 3 rings (SSSR count). The first-order valence-electron chi connectivity index (χ1n) is 8.26. The van der Waals surface area contributed by atoms with Crippen molar-refractivity contribution in [3.63, 3.8) is 0 Å². The van der Waals surface area contributed by atoms with Gasteiger partial charge in [0.25, 0.3) is 0 Å². The highest BCUT2D eigenvalue weighted by atomic mass is 32.2. The second-order valence-corrected chi connectivity index (χ2v) is 7.26. The molecule has 2 aromatic rings. The highest BCUT2D eigenvalue weighted by Gasteiger charge is 2.23. The molecule has 1 saturated heterocycles. The molecule has 0 N–H and O–H groups in total. The zero-order valence-electron chi connectivity index (χ0n) is 13.5. The standard InChI is InChI=1S/C19H21FN2OS/c20-16-4-6-18(7-5-16)22(14-17-3-1-2-10-21-17)19(23)13-15-8-11-24-12-9-15/h1-7,10,15H,8-9,11-14H2. The first kappa shape index (κ1) is 17.0. The first-order valence-corrected chi connectivity index (χ1v) is 9.41. The summed E-state index contributed by atoms with van der Waals surface area (Å²) < 4.78 is 13.2. The molecule has 24 heavy (non-hydrogen) atoms. The van der Waals surface area contributed by atoms with Crippen molar-refractivity contribution in [2.75, 3.05) is 16.4 Å². The van der Waals surface area contributed by atoms with Gasteiger partial charge in [-0.1, -0.05) is 6.07 Å². The normalized spacial score (nSPS) is 15.2. The van der Waals surface area contributed by atoms with E-state index >= 15 is 0 Å². The zero-order chi connectivity index (χ0) is 16.8. The van der Waals surface area contributed by atoms with Gasteiger partial charge in [0, 0.05) is 18.3 Å². The molecule has 1 aliphatic rings. The summed E-state index contributed by atoms with van der Waals surface area (Å²) in [5.74, 6) is 2.51. The fourth-order valence-electron chi connectivity index (χ4n) is 2.91. The van der Waals surface area contributed by atoms with Crippen LogP contribution in [0.15, 0.2) is 48.7 Å². The second-order valence-electron chi connectivity index (χ2n) is 6.04. The van der Waals surface area contributed by atoms with Crippen LogP contribution >= 0.6 is 11.8 Å². The van der Waals surface area contributed by atoms with Crippen molar-refractivity contribution in [2.45, 2.75) is 25.8 Å². The predicted molar refractivity (Wildman–Crippen MR) is 96.5 cm³/mol. The molecule has 0 spiro atoms. The van der Waals surface area contributed by atoms with E-state index in [1.54, 1.807) is 23.2 Å². The van der Waals surface area contributed by atoms with E-state index in [9.17, 15) is 9.18 Å². The number of hydrogen-bond donors (Lipinski definition) is 0. The van der Waals surface area contributed by atoms with Gasteiger partial charge in [-0.05, 0) is 66.7 Å². The van der Waals surface area contributed by atoms with Crippen LogP contribution in [0, 0.1) is 11.7 Å². The van der Waals surface area contributed by atoms with Crippen LogP contribution in [-0.2, 0) is 11.3 Å². The molecule has 0 bridgehead atoms. The number of amides is 1. The third-order valence-corrected chi connectivity index (χ3v) is 5.34. The minimum absolute atomic E-state index is 0.0872. The van der Waals surface area contributed by atoms with Crippen LogP contribution in [0.5, 0.6) is 0 Å². The van der Waals surface area contributed by atoms with Crippen molar-refractivity contribution in [3.8, 4) is 0 Å². The lowest BCUT2D eigenvalue weighted by Crippen LogP contribution is -2.32. The predicted octanol–water partition coefficient (Wildman–Crippen LogP) is 4.29. The van der Waals surface area contributed by atoms with Crippen LogP contribution in [0.4, 0.5) is 10.1 Å². The molecule has 1 fully saturated rings. The number of benzene rings is 1. The number of thioether (sulfide) groups is 1. The minimum atomic E-state index is -0.298. The summed E-state index contributed by atoms with van der Waals surface area (Å²) >= 11 is 1.96.